The molecule has 0 radical (unpaired) electrons. The summed E-state index contributed by atoms with van der Waals surface area (Å²) in [6.07, 6.45) is 9.14. The van der Waals surface area contributed by atoms with E-state index in [1.807, 2.05) is 13.0 Å². The minimum atomic E-state index is -3.80. The minimum absolute atomic E-state index is 0.121. The summed E-state index contributed by atoms with van der Waals surface area (Å²) in [6.45, 7) is 1.94. The molecule has 4 aromatic rings. The highest BCUT2D eigenvalue weighted by Crippen LogP contribution is 2.28. The lowest BCUT2D eigenvalue weighted by atomic mass is 9.91. The summed E-state index contributed by atoms with van der Waals surface area (Å²) in [4.78, 5) is 20.0. The summed E-state index contributed by atoms with van der Waals surface area (Å²) in [6, 6.07) is 10.3. The van der Waals surface area contributed by atoms with Gasteiger partial charge in [-0.2, -0.15) is 0 Å². The Morgan fingerprint density at radius 2 is 1.77 bits per heavy atom. The number of benzene rings is 1. The van der Waals surface area contributed by atoms with Crippen molar-refractivity contribution < 1.29 is 12.8 Å². The van der Waals surface area contributed by atoms with Crippen LogP contribution in [0.1, 0.15) is 36.8 Å². The lowest BCUT2D eigenvalue weighted by molar-refractivity contribution is 0.221. The van der Waals surface area contributed by atoms with Crippen LogP contribution in [0.2, 0.25) is 0 Å². The molecule has 0 saturated heterocycles. The number of aromatic nitrogens is 4. The molecule has 3 aromatic heterocycles. The molecule has 1 aliphatic carbocycles. The molecule has 5 rings (SSSR count). The van der Waals surface area contributed by atoms with Crippen LogP contribution in [-0.4, -0.2) is 59.4 Å². The Kier molecular flexibility index (Phi) is 7.72. The van der Waals surface area contributed by atoms with Gasteiger partial charge >= 0.3 is 0 Å². The predicted molar refractivity (Wildman–Crippen MR) is 151 cm³/mol. The number of sulfonamides is 1. The van der Waals surface area contributed by atoms with Gasteiger partial charge in [0.2, 0.25) is 16.0 Å². The van der Waals surface area contributed by atoms with Crippen LogP contribution >= 0.6 is 0 Å². The number of fused-ring (bicyclic) bond motifs is 1. The first-order valence-electron chi connectivity index (χ1n) is 12.9. The van der Waals surface area contributed by atoms with Crippen molar-refractivity contribution in [1.29, 1.82) is 0 Å². The standard InChI is InChI=1S/C28H32FN7O2S/c1-18-14-25(20-4-9-24(23(29)15-20)35-39(37,38)17-19-10-12-30-13-11-19)33-26-16-31-28(34-27(18)26)32-21-5-7-22(8-6-21)36(2)3/h4,9-16,21-22,35H,5-8,17H2,1-3H3,(H,31,32,34). The summed E-state index contributed by atoms with van der Waals surface area (Å²) in [5, 5.41) is 3.48. The Morgan fingerprint density at radius 1 is 1.03 bits per heavy atom. The average Bonchev–Trinajstić information content (AvgIpc) is 2.90. The number of pyridine rings is 2. The Morgan fingerprint density at radius 3 is 2.46 bits per heavy atom. The number of rotatable bonds is 8. The van der Waals surface area contributed by atoms with Crippen molar-refractivity contribution in [3.05, 3.63) is 71.9 Å². The summed E-state index contributed by atoms with van der Waals surface area (Å²) in [5.41, 5.74) is 3.74. The lowest BCUT2D eigenvalue weighted by Gasteiger charge is -2.32. The van der Waals surface area contributed by atoms with E-state index >= 15 is 0 Å². The fraction of sp³-hybridized carbons (Fsp3) is 0.357. The van der Waals surface area contributed by atoms with E-state index in [1.165, 1.54) is 24.5 Å². The average molecular weight is 550 g/mol. The van der Waals surface area contributed by atoms with Gasteiger partial charge in [0.05, 0.1) is 28.8 Å². The van der Waals surface area contributed by atoms with Crippen LogP contribution in [0.3, 0.4) is 0 Å². The zero-order valence-electron chi connectivity index (χ0n) is 22.2. The second-order valence-corrected chi connectivity index (χ2v) is 12.0. The predicted octanol–water partition coefficient (Wildman–Crippen LogP) is 4.76. The number of aryl methyl sites for hydroxylation is 1. The van der Waals surface area contributed by atoms with Gasteiger partial charge in [0.15, 0.2) is 0 Å². The number of anilines is 2. The second-order valence-electron chi connectivity index (χ2n) is 10.3. The first-order valence-corrected chi connectivity index (χ1v) is 14.6. The van der Waals surface area contributed by atoms with Crippen LogP contribution in [0.4, 0.5) is 16.0 Å². The summed E-state index contributed by atoms with van der Waals surface area (Å²) in [7, 11) is 0.456. The van der Waals surface area contributed by atoms with E-state index < -0.39 is 15.8 Å². The SMILES string of the molecule is Cc1cc(-c2ccc(NS(=O)(=O)Cc3ccncc3)c(F)c2)nc2cnc(NC3CCC(N(C)C)CC3)nc12. The molecule has 1 aromatic carbocycles. The molecule has 0 amide bonds. The van der Waals surface area contributed by atoms with Crippen molar-refractivity contribution in [2.75, 3.05) is 24.1 Å². The van der Waals surface area contributed by atoms with Gasteiger partial charge in [0.1, 0.15) is 11.3 Å². The molecule has 0 unspecified atom stereocenters. The summed E-state index contributed by atoms with van der Waals surface area (Å²) in [5.74, 6) is -0.385. The van der Waals surface area contributed by atoms with E-state index in [9.17, 15) is 12.8 Å². The first-order chi connectivity index (χ1) is 18.7. The van der Waals surface area contributed by atoms with Gasteiger partial charge in [-0.1, -0.05) is 6.07 Å². The Bertz CT molecular complexity index is 1570. The van der Waals surface area contributed by atoms with Crippen LogP contribution in [0.5, 0.6) is 0 Å². The van der Waals surface area contributed by atoms with Crippen molar-refractivity contribution in [2.45, 2.75) is 50.4 Å². The Hall–Kier alpha value is -3.70. The van der Waals surface area contributed by atoms with Gasteiger partial charge in [0, 0.05) is 30.0 Å². The van der Waals surface area contributed by atoms with Gasteiger partial charge in [-0.25, -0.2) is 27.8 Å². The Labute approximate surface area is 228 Å². The maximum atomic E-state index is 15.0. The second kappa shape index (κ2) is 11.2. The van der Waals surface area contributed by atoms with Crippen molar-refractivity contribution in [3.63, 3.8) is 0 Å². The molecule has 0 aliphatic heterocycles. The summed E-state index contributed by atoms with van der Waals surface area (Å²) >= 11 is 0. The fourth-order valence-corrected chi connectivity index (χ4v) is 6.18. The normalized spacial score (nSPS) is 17.9. The van der Waals surface area contributed by atoms with Crippen LogP contribution in [0.25, 0.3) is 22.3 Å². The van der Waals surface area contributed by atoms with Gasteiger partial charge < -0.3 is 10.2 Å². The molecule has 9 nitrogen and oxygen atoms in total. The number of hydrogen-bond acceptors (Lipinski definition) is 8. The number of nitrogens with zero attached hydrogens (tertiary/aromatic N) is 5. The first kappa shape index (κ1) is 26.9. The molecule has 11 heteroatoms. The van der Waals surface area contributed by atoms with Gasteiger partial charge in [-0.05, 0) is 88.2 Å². The van der Waals surface area contributed by atoms with Crippen molar-refractivity contribution in [1.82, 2.24) is 24.8 Å². The fourth-order valence-electron chi connectivity index (χ4n) is 4.98. The van der Waals surface area contributed by atoms with E-state index in [2.05, 4.69) is 44.0 Å². The molecule has 204 valence electrons. The van der Waals surface area contributed by atoms with Crippen LogP contribution in [0, 0.1) is 12.7 Å². The zero-order chi connectivity index (χ0) is 27.6. The third kappa shape index (κ3) is 6.48. The smallest absolute Gasteiger partial charge is 0.237 e. The van der Waals surface area contributed by atoms with Gasteiger partial charge in [-0.15, -0.1) is 0 Å². The summed E-state index contributed by atoms with van der Waals surface area (Å²) < 4.78 is 42.4. The van der Waals surface area contributed by atoms with Crippen molar-refractivity contribution in [2.24, 2.45) is 0 Å². The molecular weight excluding hydrogens is 517 g/mol. The Balaban J connectivity index is 1.31. The van der Waals surface area contributed by atoms with E-state index in [0.717, 1.165) is 36.8 Å². The van der Waals surface area contributed by atoms with Crippen LogP contribution in [0.15, 0.2) is 55.0 Å². The van der Waals surface area contributed by atoms with E-state index in [1.54, 1.807) is 24.4 Å². The largest absolute Gasteiger partial charge is 0.351 e. The third-order valence-electron chi connectivity index (χ3n) is 7.13. The third-order valence-corrected chi connectivity index (χ3v) is 8.38. The molecule has 1 fully saturated rings. The van der Waals surface area contributed by atoms with Crippen LogP contribution in [-0.2, 0) is 15.8 Å². The van der Waals surface area contributed by atoms with Gasteiger partial charge in [0.25, 0.3) is 0 Å². The molecule has 0 atom stereocenters. The number of hydrogen-bond donors (Lipinski definition) is 2. The van der Waals surface area contributed by atoms with Gasteiger partial charge in [-0.3, -0.25) is 9.71 Å². The van der Waals surface area contributed by atoms with Crippen molar-refractivity contribution in [3.8, 4) is 11.3 Å². The monoisotopic (exact) mass is 549 g/mol. The lowest BCUT2D eigenvalue weighted by Crippen LogP contribution is -2.36. The molecule has 2 N–H and O–H groups in total. The maximum absolute atomic E-state index is 15.0. The highest BCUT2D eigenvalue weighted by molar-refractivity contribution is 7.91. The van der Waals surface area contributed by atoms with E-state index in [0.29, 0.717) is 40.4 Å². The van der Waals surface area contributed by atoms with E-state index in [4.69, 9.17) is 4.98 Å². The zero-order valence-corrected chi connectivity index (χ0v) is 23.0. The maximum Gasteiger partial charge on any atom is 0.237 e. The van der Waals surface area contributed by atoms with Crippen LogP contribution < -0.4 is 10.0 Å². The molecular formula is C28H32FN7O2S. The highest BCUT2D eigenvalue weighted by atomic mass is 32.2. The molecule has 0 bridgehead atoms. The molecule has 39 heavy (non-hydrogen) atoms. The number of nitrogens with one attached hydrogen (secondary N) is 2. The molecule has 3 heterocycles. The molecule has 1 saturated carbocycles. The molecule has 1 aliphatic rings. The molecule has 0 spiro atoms. The highest BCUT2D eigenvalue weighted by Gasteiger charge is 2.23. The van der Waals surface area contributed by atoms with Crippen molar-refractivity contribution >= 4 is 32.7 Å². The number of halogens is 1. The topological polar surface area (TPSA) is 113 Å². The quantitative estimate of drug-likeness (QED) is 0.324. The van der Waals surface area contributed by atoms with E-state index in [-0.39, 0.29) is 11.4 Å². The minimum Gasteiger partial charge on any atom is -0.351 e.